The van der Waals surface area contributed by atoms with Gasteiger partial charge in [-0.3, -0.25) is 13.8 Å². The minimum Gasteiger partial charge on any atom is -0.466 e. The number of hydrogen-bond donors (Lipinski definition) is 0. The van der Waals surface area contributed by atoms with Crippen LogP contribution in [0.3, 0.4) is 0 Å². The van der Waals surface area contributed by atoms with E-state index < -0.39 is 50.8 Å². The maximum atomic E-state index is 12.4. The SMILES string of the molecule is CCOC(=O)C1C2CC3C(OS(=O)(=O)C31)C2OC(=O)C(C)(C)CC. The third-order valence-corrected chi connectivity index (χ3v) is 7.57. The van der Waals surface area contributed by atoms with Crippen molar-refractivity contribution in [2.45, 2.75) is 58.0 Å². The zero-order chi connectivity index (χ0) is 17.9. The minimum absolute atomic E-state index is 0.178. The Morgan fingerprint density at radius 2 is 1.88 bits per heavy atom. The van der Waals surface area contributed by atoms with Crippen LogP contribution in [-0.2, 0) is 33.4 Å². The predicted molar refractivity (Wildman–Crippen MR) is 83.3 cm³/mol. The van der Waals surface area contributed by atoms with Gasteiger partial charge in [-0.15, -0.1) is 0 Å². The van der Waals surface area contributed by atoms with Gasteiger partial charge in [-0.05, 0) is 33.6 Å². The predicted octanol–water partition coefficient (Wildman–Crippen LogP) is 1.26. The Bertz CT molecular complexity index is 653. The van der Waals surface area contributed by atoms with Gasteiger partial charge >= 0.3 is 11.9 Å². The summed E-state index contributed by atoms with van der Waals surface area (Å²) in [5, 5.41) is -0.874. The van der Waals surface area contributed by atoms with Gasteiger partial charge in [0, 0.05) is 11.8 Å². The molecule has 0 N–H and O–H groups in total. The highest BCUT2D eigenvalue weighted by atomic mass is 32.2. The number of fused-ring (bicyclic) bond motifs is 1. The van der Waals surface area contributed by atoms with E-state index in [1.54, 1.807) is 20.8 Å². The summed E-state index contributed by atoms with van der Waals surface area (Å²) in [6, 6.07) is 0. The maximum Gasteiger partial charge on any atom is 0.311 e. The average molecular weight is 360 g/mol. The molecule has 2 aliphatic carbocycles. The van der Waals surface area contributed by atoms with Crippen molar-refractivity contribution < 1.29 is 31.7 Å². The Labute approximate surface area is 142 Å². The van der Waals surface area contributed by atoms with Crippen molar-refractivity contribution in [1.29, 1.82) is 0 Å². The molecule has 2 bridgehead atoms. The lowest BCUT2D eigenvalue weighted by Crippen LogP contribution is -2.47. The molecule has 0 aromatic rings. The Hall–Kier alpha value is -1.15. The van der Waals surface area contributed by atoms with Gasteiger partial charge in [0.25, 0.3) is 10.1 Å². The first kappa shape index (κ1) is 17.7. The summed E-state index contributed by atoms with van der Waals surface area (Å²) in [7, 11) is -3.85. The smallest absolute Gasteiger partial charge is 0.311 e. The molecule has 3 aliphatic rings. The van der Waals surface area contributed by atoms with E-state index in [9.17, 15) is 18.0 Å². The lowest BCUT2D eigenvalue weighted by Gasteiger charge is -2.32. The number of carbonyl (C=O) groups excluding carboxylic acids is 2. The summed E-state index contributed by atoms with van der Waals surface area (Å²) in [5.41, 5.74) is -0.669. The molecule has 3 rings (SSSR count). The van der Waals surface area contributed by atoms with Crippen LogP contribution >= 0.6 is 0 Å². The molecule has 24 heavy (non-hydrogen) atoms. The van der Waals surface area contributed by atoms with Gasteiger partial charge in [0.15, 0.2) is 0 Å². The molecule has 6 unspecified atom stereocenters. The molecule has 1 aliphatic heterocycles. The second-order valence-corrected chi connectivity index (χ2v) is 9.19. The fraction of sp³-hybridized carbons (Fsp3) is 0.875. The van der Waals surface area contributed by atoms with E-state index in [4.69, 9.17) is 13.7 Å². The molecule has 136 valence electrons. The second-order valence-electron chi connectivity index (χ2n) is 7.47. The second kappa shape index (κ2) is 5.69. The van der Waals surface area contributed by atoms with Crippen LogP contribution in [0.25, 0.3) is 0 Å². The first-order chi connectivity index (χ1) is 11.1. The summed E-state index contributed by atoms with van der Waals surface area (Å²) in [4.78, 5) is 24.7. The van der Waals surface area contributed by atoms with Gasteiger partial charge < -0.3 is 9.47 Å². The van der Waals surface area contributed by atoms with Gasteiger partial charge in [-0.1, -0.05) is 6.92 Å². The normalized spacial score (nSPS) is 39.0. The van der Waals surface area contributed by atoms with Crippen LogP contribution in [0.5, 0.6) is 0 Å². The molecule has 8 heteroatoms. The van der Waals surface area contributed by atoms with Crippen LogP contribution in [0.4, 0.5) is 0 Å². The molecule has 7 nitrogen and oxygen atoms in total. The number of hydrogen-bond acceptors (Lipinski definition) is 7. The van der Waals surface area contributed by atoms with Gasteiger partial charge in [-0.25, -0.2) is 0 Å². The van der Waals surface area contributed by atoms with Gasteiger partial charge in [0.2, 0.25) is 0 Å². The molecule has 1 saturated heterocycles. The Balaban J connectivity index is 1.89. The summed E-state index contributed by atoms with van der Waals surface area (Å²) in [6.45, 7) is 7.29. The van der Waals surface area contributed by atoms with E-state index in [2.05, 4.69) is 0 Å². The average Bonchev–Trinajstić information content (AvgIpc) is 3.09. The molecule has 0 aromatic carbocycles. The van der Waals surface area contributed by atoms with Crippen LogP contribution in [-0.4, -0.2) is 44.4 Å². The van der Waals surface area contributed by atoms with E-state index >= 15 is 0 Å². The molecule has 0 aromatic heterocycles. The monoisotopic (exact) mass is 360 g/mol. The molecular formula is C16H24O7S. The van der Waals surface area contributed by atoms with E-state index in [1.165, 1.54) is 0 Å². The fourth-order valence-corrected chi connectivity index (χ4v) is 6.18. The van der Waals surface area contributed by atoms with E-state index in [1.807, 2.05) is 6.92 Å². The standard InChI is InChI=1S/C16H24O7S/c1-5-16(3,4)15(18)22-11-8-7-9-12(11)23-24(19,20)13(9)10(8)14(17)21-6-2/h8-13H,5-7H2,1-4H3. The first-order valence-corrected chi connectivity index (χ1v) is 9.91. The molecule has 2 saturated carbocycles. The molecule has 0 spiro atoms. The Morgan fingerprint density at radius 1 is 1.21 bits per heavy atom. The number of carbonyl (C=O) groups is 2. The van der Waals surface area contributed by atoms with Crippen LogP contribution in [0.2, 0.25) is 0 Å². The third kappa shape index (κ3) is 2.45. The van der Waals surface area contributed by atoms with Crippen molar-refractivity contribution in [2.75, 3.05) is 6.61 Å². The quantitative estimate of drug-likeness (QED) is 0.538. The zero-order valence-electron chi connectivity index (χ0n) is 14.4. The van der Waals surface area contributed by atoms with Crippen LogP contribution in [0.15, 0.2) is 0 Å². The topological polar surface area (TPSA) is 96.0 Å². The van der Waals surface area contributed by atoms with Crippen LogP contribution in [0.1, 0.15) is 40.5 Å². The van der Waals surface area contributed by atoms with Crippen molar-refractivity contribution >= 4 is 22.1 Å². The van der Waals surface area contributed by atoms with Crippen molar-refractivity contribution in [1.82, 2.24) is 0 Å². The highest BCUT2D eigenvalue weighted by Gasteiger charge is 2.72. The van der Waals surface area contributed by atoms with Crippen LogP contribution in [0, 0.1) is 23.2 Å². The zero-order valence-corrected chi connectivity index (χ0v) is 15.2. The molecular weight excluding hydrogens is 336 g/mol. The van der Waals surface area contributed by atoms with Crippen LogP contribution < -0.4 is 0 Å². The Kier molecular flexibility index (Phi) is 4.19. The molecule has 0 amide bonds. The number of rotatable bonds is 5. The van der Waals surface area contributed by atoms with Gasteiger partial charge in [0.1, 0.15) is 17.5 Å². The number of ether oxygens (including phenoxy) is 2. The largest absolute Gasteiger partial charge is 0.466 e. The summed E-state index contributed by atoms with van der Waals surface area (Å²) in [6.07, 6.45) is -0.285. The van der Waals surface area contributed by atoms with Crippen molar-refractivity contribution in [3.8, 4) is 0 Å². The van der Waals surface area contributed by atoms with E-state index in [0.29, 0.717) is 12.8 Å². The van der Waals surface area contributed by atoms with Gasteiger partial charge in [-0.2, -0.15) is 8.42 Å². The minimum atomic E-state index is -3.85. The molecule has 3 fully saturated rings. The fourth-order valence-electron chi connectivity index (χ4n) is 4.12. The highest BCUT2D eigenvalue weighted by molar-refractivity contribution is 7.87. The maximum absolute atomic E-state index is 12.4. The van der Waals surface area contributed by atoms with Gasteiger partial charge in [0.05, 0.1) is 17.9 Å². The lowest BCUT2D eigenvalue weighted by atomic mass is 9.84. The number of esters is 2. The third-order valence-electron chi connectivity index (χ3n) is 5.77. The first-order valence-electron chi connectivity index (χ1n) is 8.44. The summed E-state index contributed by atoms with van der Waals surface area (Å²) < 4.78 is 40.6. The van der Waals surface area contributed by atoms with Crippen molar-refractivity contribution in [3.63, 3.8) is 0 Å². The Morgan fingerprint density at radius 3 is 2.46 bits per heavy atom. The highest BCUT2D eigenvalue weighted by Crippen LogP contribution is 2.58. The van der Waals surface area contributed by atoms with E-state index in [0.717, 1.165) is 0 Å². The summed E-state index contributed by atoms with van der Waals surface area (Å²) >= 11 is 0. The van der Waals surface area contributed by atoms with Crippen molar-refractivity contribution in [3.05, 3.63) is 0 Å². The lowest BCUT2D eigenvalue weighted by molar-refractivity contribution is -0.171. The molecule has 0 radical (unpaired) electrons. The van der Waals surface area contributed by atoms with Crippen molar-refractivity contribution in [2.24, 2.45) is 23.2 Å². The molecule has 6 atom stereocenters. The molecule has 1 heterocycles. The summed E-state index contributed by atoms with van der Waals surface area (Å²) in [5.74, 6) is -2.43. The van der Waals surface area contributed by atoms with E-state index in [-0.39, 0.29) is 18.4 Å².